The molecule has 0 spiro atoms. The lowest BCUT2D eigenvalue weighted by Crippen LogP contribution is -1.75. The molecule has 1 nitrogen and oxygen atoms in total. The Morgan fingerprint density at radius 1 is 1.29 bits per heavy atom. The average molecular weight is 220 g/mol. The topological polar surface area (TPSA) is 23.8 Å². The third-order valence-electron chi connectivity index (χ3n) is 1.84. The Balaban J connectivity index is 2.47. The van der Waals surface area contributed by atoms with Crippen LogP contribution in [0.25, 0.3) is 10.4 Å². The maximum Gasteiger partial charge on any atom is 0.0991 e. The summed E-state index contributed by atoms with van der Waals surface area (Å²) in [4.78, 5) is 1.09. The first-order valence-electron chi connectivity index (χ1n) is 4.04. The predicted octanol–water partition coefficient (Wildman–Crippen LogP) is 3.94. The minimum atomic E-state index is 0.673. The highest BCUT2D eigenvalue weighted by Crippen LogP contribution is 2.29. The minimum absolute atomic E-state index is 0.673. The third kappa shape index (κ3) is 1.79. The van der Waals surface area contributed by atoms with Gasteiger partial charge in [-0.25, -0.2) is 0 Å². The molecular weight excluding hydrogens is 214 g/mol. The first-order chi connectivity index (χ1) is 6.79. The van der Waals surface area contributed by atoms with Gasteiger partial charge in [-0.2, -0.15) is 5.26 Å². The molecule has 0 saturated heterocycles. The lowest BCUT2D eigenvalue weighted by molar-refractivity contribution is 1.49. The largest absolute Gasteiger partial charge is 0.192 e. The standard InChI is InChI=1S/C11H6ClNS/c12-10-5-11(14-7-10)9-3-1-2-8(4-9)6-13/h1-5,7H. The van der Waals surface area contributed by atoms with Crippen LogP contribution in [-0.4, -0.2) is 0 Å². The SMILES string of the molecule is N#Cc1cccc(-c2cc(Cl)cs2)c1. The second kappa shape index (κ2) is 3.83. The van der Waals surface area contributed by atoms with Crippen LogP contribution in [0.3, 0.4) is 0 Å². The van der Waals surface area contributed by atoms with E-state index in [4.69, 9.17) is 16.9 Å². The van der Waals surface area contributed by atoms with Gasteiger partial charge in [-0.15, -0.1) is 11.3 Å². The molecule has 0 fully saturated rings. The van der Waals surface area contributed by atoms with Gasteiger partial charge >= 0.3 is 0 Å². The van der Waals surface area contributed by atoms with Crippen molar-refractivity contribution in [1.82, 2.24) is 0 Å². The van der Waals surface area contributed by atoms with Crippen molar-refractivity contribution in [3.8, 4) is 16.5 Å². The molecule has 0 N–H and O–H groups in total. The summed E-state index contributed by atoms with van der Waals surface area (Å²) in [6.45, 7) is 0. The van der Waals surface area contributed by atoms with Crippen LogP contribution < -0.4 is 0 Å². The molecule has 1 aromatic carbocycles. The van der Waals surface area contributed by atoms with E-state index >= 15 is 0 Å². The zero-order chi connectivity index (χ0) is 9.97. The van der Waals surface area contributed by atoms with Gasteiger partial charge in [0.05, 0.1) is 16.7 Å². The van der Waals surface area contributed by atoms with Crippen LogP contribution >= 0.6 is 22.9 Å². The molecular formula is C11H6ClNS. The fraction of sp³-hybridized carbons (Fsp3) is 0. The van der Waals surface area contributed by atoms with Gasteiger partial charge in [-0.3, -0.25) is 0 Å². The maximum absolute atomic E-state index is 8.74. The third-order valence-corrected chi connectivity index (χ3v) is 3.17. The quantitative estimate of drug-likeness (QED) is 0.713. The summed E-state index contributed by atoms with van der Waals surface area (Å²) in [6, 6.07) is 11.5. The van der Waals surface area contributed by atoms with E-state index in [-0.39, 0.29) is 0 Å². The van der Waals surface area contributed by atoms with E-state index in [0.29, 0.717) is 5.56 Å². The number of hydrogen-bond acceptors (Lipinski definition) is 2. The molecule has 1 heterocycles. The first kappa shape index (κ1) is 9.26. The lowest BCUT2D eigenvalue weighted by Gasteiger charge is -1.96. The fourth-order valence-electron chi connectivity index (χ4n) is 1.21. The van der Waals surface area contributed by atoms with Gasteiger partial charge < -0.3 is 0 Å². The van der Waals surface area contributed by atoms with E-state index in [0.717, 1.165) is 15.5 Å². The molecule has 0 saturated carbocycles. The van der Waals surface area contributed by atoms with Crippen LogP contribution in [0.4, 0.5) is 0 Å². The molecule has 14 heavy (non-hydrogen) atoms. The van der Waals surface area contributed by atoms with Crippen molar-refractivity contribution in [2.45, 2.75) is 0 Å². The smallest absolute Gasteiger partial charge is 0.0991 e. The van der Waals surface area contributed by atoms with Gasteiger partial charge in [0, 0.05) is 10.3 Å². The molecule has 0 bridgehead atoms. The van der Waals surface area contributed by atoms with Crippen LogP contribution in [-0.2, 0) is 0 Å². The van der Waals surface area contributed by atoms with Crippen molar-refractivity contribution in [2.75, 3.05) is 0 Å². The van der Waals surface area contributed by atoms with Crippen LogP contribution in [0.15, 0.2) is 35.7 Å². The zero-order valence-electron chi connectivity index (χ0n) is 7.20. The minimum Gasteiger partial charge on any atom is -0.192 e. The molecule has 0 unspecified atom stereocenters. The van der Waals surface area contributed by atoms with E-state index < -0.39 is 0 Å². The van der Waals surface area contributed by atoms with Gasteiger partial charge in [0.15, 0.2) is 0 Å². The van der Waals surface area contributed by atoms with Gasteiger partial charge in [-0.1, -0.05) is 23.7 Å². The normalized spacial score (nSPS) is 9.71. The molecule has 0 atom stereocenters. The van der Waals surface area contributed by atoms with E-state index in [2.05, 4.69) is 6.07 Å². The summed E-state index contributed by atoms with van der Waals surface area (Å²) < 4.78 is 0. The van der Waals surface area contributed by atoms with E-state index in [9.17, 15) is 0 Å². The highest BCUT2D eigenvalue weighted by atomic mass is 35.5. The van der Waals surface area contributed by atoms with Crippen molar-refractivity contribution in [2.24, 2.45) is 0 Å². The van der Waals surface area contributed by atoms with Crippen molar-refractivity contribution >= 4 is 22.9 Å². The average Bonchev–Trinajstić information content (AvgIpc) is 2.65. The van der Waals surface area contributed by atoms with Gasteiger partial charge in [0.1, 0.15) is 0 Å². The molecule has 2 rings (SSSR count). The highest BCUT2D eigenvalue weighted by Gasteiger charge is 2.01. The number of hydrogen-bond donors (Lipinski definition) is 0. The molecule has 0 radical (unpaired) electrons. The summed E-state index contributed by atoms with van der Waals surface area (Å²) in [5.41, 5.74) is 1.72. The molecule has 68 valence electrons. The van der Waals surface area contributed by atoms with Crippen LogP contribution in [0.2, 0.25) is 5.02 Å². The Bertz CT molecular complexity index is 496. The number of nitrogens with zero attached hydrogens (tertiary/aromatic N) is 1. The zero-order valence-corrected chi connectivity index (χ0v) is 8.77. The first-order valence-corrected chi connectivity index (χ1v) is 5.30. The summed E-state index contributed by atoms with van der Waals surface area (Å²) in [5.74, 6) is 0. The monoisotopic (exact) mass is 219 g/mol. The number of rotatable bonds is 1. The summed E-state index contributed by atoms with van der Waals surface area (Å²) in [6.07, 6.45) is 0. The van der Waals surface area contributed by atoms with Crippen LogP contribution in [0.5, 0.6) is 0 Å². The second-order valence-corrected chi connectivity index (χ2v) is 4.17. The van der Waals surface area contributed by atoms with Gasteiger partial charge in [-0.05, 0) is 23.8 Å². The summed E-state index contributed by atoms with van der Waals surface area (Å²) in [7, 11) is 0. The van der Waals surface area contributed by atoms with Crippen molar-refractivity contribution < 1.29 is 0 Å². The number of thiophene rings is 1. The van der Waals surface area contributed by atoms with Crippen molar-refractivity contribution in [1.29, 1.82) is 5.26 Å². The van der Waals surface area contributed by atoms with Gasteiger partial charge in [0.25, 0.3) is 0 Å². The molecule has 0 aliphatic rings. The van der Waals surface area contributed by atoms with Crippen molar-refractivity contribution in [3.05, 3.63) is 46.3 Å². The second-order valence-electron chi connectivity index (χ2n) is 2.82. The predicted molar refractivity (Wildman–Crippen MR) is 59.5 cm³/mol. The number of nitriles is 1. The maximum atomic E-state index is 8.74. The summed E-state index contributed by atoms with van der Waals surface area (Å²) >= 11 is 7.41. The Morgan fingerprint density at radius 2 is 2.14 bits per heavy atom. The Morgan fingerprint density at radius 3 is 2.79 bits per heavy atom. The molecule has 1 aromatic heterocycles. The molecule has 2 aromatic rings. The van der Waals surface area contributed by atoms with Crippen LogP contribution in [0.1, 0.15) is 5.56 Å². The highest BCUT2D eigenvalue weighted by molar-refractivity contribution is 7.14. The lowest BCUT2D eigenvalue weighted by atomic mass is 10.1. The fourth-order valence-corrected chi connectivity index (χ4v) is 2.28. The molecule has 0 aliphatic heterocycles. The Hall–Kier alpha value is -1.30. The Kier molecular flexibility index (Phi) is 2.53. The van der Waals surface area contributed by atoms with E-state index in [1.54, 1.807) is 17.4 Å². The van der Waals surface area contributed by atoms with E-state index in [1.807, 2.05) is 29.6 Å². The summed E-state index contributed by atoms with van der Waals surface area (Å²) in [5, 5.41) is 11.4. The molecule has 0 aliphatic carbocycles. The van der Waals surface area contributed by atoms with E-state index in [1.165, 1.54) is 0 Å². The molecule has 3 heteroatoms. The Labute approximate surface area is 91.2 Å². The molecule has 0 amide bonds. The number of benzene rings is 1. The van der Waals surface area contributed by atoms with Crippen molar-refractivity contribution in [3.63, 3.8) is 0 Å². The number of halogens is 1. The van der Waals surface area contributed by atoms with Crippen LogP contribution in [0, 0.1) is 11.3 Å². The van der Waals surface area contributed by atoms with Gasteiger partial charge in [0.2, 0.25) is 0 Å².